The van der Waals surface area contributed by atoms with Crippen LogP contribution in [0.15, 0.2) is 41.1 Å². The summed E-state index contributed by atoms with van der Waals surface area (Å²) in [5.74, 6) is -1.87. The van der Waals surface area contributed by atoms with E-state index in [-0.39, 0.29) is 28.7 Å². The lowest BCUT2D eigenvalue weighted by molar-refractivity contribution is -0.136. The van der Waals surface area contributed by atoms with Crippen LogP contribution in [0.1, 0.15) is 36.7 Å². The van der Waals surface area contributed by atoms with Crippen LogP contribution in [0.3, 0.4) is 0 Å². The summed E-state index contributed by atoms with van der Waals surface area (Å²) in [6, 6.07) is 5.97. The number of methoxy groups -OCH3 is 1. The van der Waals surface area contributed by atoms with Crippen LogP contribution in [0, 0.1) is 0 Å². The summed E-state index contributed by atoms with van der Waals surface area (Å²) in [4.78, 5) is 37.2. The van der Waals surface area contributed by atoms with Gasteiger partial charge in [0.15, 0.2) is 0 Å². The second kappa shape index (κ2) is 6.70. The number of carbonyl (C=O) groups excluding carboxylic acids is 2. The minimum atomic E-state index is -1.02. The number of ether oxygens (including phenoxy) is 1. The lowest BCUT2D eigenvalue weighted by Gasteiger charge is -2.22. The Bertz CT molecular complexity index is 756. The Balaban J connectivity index is 2.51. The Hall–Kier alpha value is -2.89. The summed E-state index contributed by atoms with van der Waals surface area (Å²) in [5, 5.41) is 8.93. The topological polar surface area (TPSA) is 83.9 Å². The highest BCUT2D eigenvalue weighted by Crippen LogP contribution is 2.33. The highest BCUT2D eigenvalue weighted by Gasteiger charge is 2.38. The molecule has 0 bridgehead atoms. The van der Waals surface area contributed by atoms with Crippen molar-refractivity contribution < 1.29 is 24.2 Å². The Morgan fingerprint density at radius 2 is 1.79 bits per heavy atom. The largest absolute Gasteiger partial charge is 0.478 e. The van der Waals surface area contributed by atoms with Gasteiger partial charge in [-0.05, 0) is 44.5 Å². The smallest absolute Gasteiger partial charge is 0.340 e. The quantitative estimate of drug-likeness (QED) is 0.677. The molecule has 0 spiro atoms. The molecule has 1 aliphatic rings. The molecule has 1 aromatic carbocycles. The number of benzene rings is 1. The second-order valence-electron chi connectivity index (χ2n) is 5.71. The molecule has 0 saturated heterocycles. The van der Waals surface area contributed by atoms with Crippen LogP contribution in [0.25, 0.3) is 6.08 Å². The number of rotatable bonds is 4. The fourth-order valence-corrected chi connectivity index (χ4v) is 2.71. The molecule has 0 unspecified atom stereocenters. The lowest BCUT2D eigenvalue weighted by Crippen LogP contribution is -2.31. The van der Waals surface area contributed by atoms with E-state index in [0.717, 1.165) is 0 Å². The van der Waals surface area contributed by atoms with Crippen molar-refractivity contribution >= 4 is 23.9 Å². The molecule has 0 aliphatic carbocycles. The molecule has 0 fully saturated rings. The van der Waals surface area contributed by atoms with Gasteiger partial charge >= 0.3 is 11.9 Å². The number of allylic oxidation sites excluding steroid dienone is 1. The number of carboxylic acids is 1. The first kappa shape index (κ1) is 17.5. The summed E-state index contributed by atoms with van der Waals surface area (Å²) in [7, 11) is 1.27. The molecule has 126 valence electrons. The molecule has 24 heavy (non-hydrogen) atoms. The van der Waals surface area contributed by atoms with Crippen molar-refractivity contribution in [2.45, 2.75) is 26.8 Å². The van der Waals surface area contributed by atoms with Crippen molar-refractivity contribution in [2.24, 2.45) is 0 Å². The fourth-order valence-electron chi connectivity index (χ4n) is 2.71. The number of amides is 1. The van der Waals surface area contributed by atoms with Gasteiger partial charge in [-0.15, -0.1) is 0 Å². The molecule has 1 amide bonds. The van der Waals surface area contributed by atoms with Crippen LogP contribution in [0.2, 0.25) is 0 Å². The summed E-state index contributed by atoms with van der Waals surface area (Å²) < 4.78 is 4.81. The summed E-state index contributed by atoms with van der Waals surface area (Å²) >= 11 is 0. The van der Waals surface area contributed by atoms with E-state index in [0.29, 0.717) is 11.3 Å². The average Bonchev–Trinajstić information content (AvgIpc) is 2.77. The van der Waals surface area contributed by atoms with Gasteiger partial charge in [0, 0.05) is 11.7 Å². The van der Waals surface area contributed by atoms with E-state index in [1.54, 1.807) is 30.0 Å². The predicted molar refractivity (Wildman–Crippen MR) is 88.1 cm³/mol. The van der Waals surface area contributed by atoms with Gasteiger partial charge in [0.1, 0.15) is 0 Å². The van der Waals surface area contributed by atoms with E-state index in [2.05, 4.69) is 0 Å². The van der Waals surface area contributed by atoms with Crippen molar-refractivity contribution in [2.75, 3.05) is 7.11 Å². The van der Waals surface area contributed by atoms with Gasteiger partial charge in [-0.25, -0.2) is 9.59 Å². The molecule has 2 rings (SSSR count). The molecule has 6 nitrogen and oxygen atoms in total. The third-order valence-electron chi connectivity index (χ3n) is 3.82. The van der Waals surface area contributed by atoms with Gasteiger partial charge in [0.2, 0.25) is 0 Å². The Morgan fingerprint density at radius 1 is 1.21 bits per heavy atom. The molecule has 0 radical (unpaired) electrons. The molecular formula is C18H19NO5. The number of carbonyl (C=O) groups is 3. The van der Waals surface area contributed by atoms with E-state index in [1.807, 2.05) is 13.8 Å². The molecular weight excluding hydrogens is 310 g/mol. The number of esters is 1. The first-order valence-electron chi connectivity index (χ1n) is 7.46. The van der Waals surface area contributed by atoms with Crippen LogP contribution in [0.5, 0.6) is 0 Å². The van der Waals surface area contributed by atoms with Gasteiger partial charge in [0.25, 0.3) is 5.91 Å². The Kier molecular flexibility index (Phi) is 4.87. The first-order valence-corrected chi connectivity index (χ1v) is 7.46. The number of aromatic carboxylic acids is 1. The Labute approximate surface area is 140 Å². The molecule has 1 aromatic rings. The minimum Gasteiger partial charge on any atom is -0.478 e. The van der Waals surface area contributed by atoms with Gasteiger partial charge in [-0.1, -0.05) is 12.1 Å². The molecule has 0 aromatic heterocycles. The fraction of sp³-hybridized carbons (Fsp3) is 0.278. The zero-order chi connectivity index (χ0) is 18.0. The van der Waals surface area contributed by atoms with Crippen LogP contribution in [-0.4, -0.2) is 41.0 Å². The maximum Gasteiger partial charge on any atom is 0.340 e. The van der Waals surface area contributed by atoms with Crippen LogP contribution < -0.4 is 0 Å². The zero-order valence-corrected chi connectivity index (χ0v) is 14.0. The predicted octanol–water partition coefficient (Wildman–Crippen LogP) is 2.47. The zero-order valence-electron chi connectivity index (χ0n) is 14.0. The van der Waals surface area contributed by atoms with Crippen molar-refractivity contribution in [3.63, 3.8) is 0 Å². The summed E-state index contributed by atoms with van der Waals surface area (Å²) in [6.45, 7) is 5.43. The van der Waals surface area contributed by atoms with Crippen molar-refractivity contribution in [1.29, 1.82) is 0 Å². The number of hydrogen-bond donors (Lipinski definition) is 1. The molecule has 1 heterocycles. The number of nitrogens with zero attached hydrogens (tertiary/aromatic N) is 1. The van der Waals surface area contributed by atoms with E-state index in [4.69, 9.17) is 9.84 Å². The number of hydrogen-bond acceptors (Lipinski definition) is 4. The molecule has 0 saturated carbocycles. The standard InChI is InChI=1S/C18H19NO5/c1-10(2)19-11(3)15(18(23)24-4)14(16(19)20)9-12-5-7-13(8-6-12)17(21)22/h5-10H,1-4H3,(H,21,22)/b14-9-. The highest BCUT2D eigenvalue weighted by molar-refractivity contribution is 6.16. The summed E-state index contributed by atoms with van der Waals surface area (Å²) in [5.41, 5.74) is 1.81. The third-order valence-corrected chi connectivity index (χ3v) is 3.82. The minimum absolute atomic E-state index is 0.0996. The van der Waals surface area contributed by atoms with Crippen molar-refractivity contribution in [1.82, 2.24) is 4.90 Å². The van der Waals surface area contributed by atoms with Gasteiger partial charge in [-0.3, -0.25) is 4.79 Å². The van der Waals surface area contributed by atoms with Crippen molar-refractivity contribution in [3.05, 3.63) is 52.2 Å². The lowest BCUT2D eigenvalue weighted by atomic mass is 10.0. The maximum absolute atomic E-state index is 12.7. The van der Waals surface area contributed by atoms with Crippen LogP contribution in [-0.2, 0) is 14.3 Å². The molecule has 1 N–H and O–H groups in total. The van der Waals surface area contributed by atoms with E-state index < -0.39 is 11.9 Å². The third kappa shape index (κ3) is 3.08. The van der Waals surface area contributed by atoms with E-state index in [9.17, 15) is 14.4 Å². The van der Waals surface area contributed by atoms with Crippen LogP contribution >= 0.6 is 0 Å². The van der Waals surface area contributed by atoms with Gasteiger partial charge in [0.05, 0.1) is 23.8 Å². The second-order valence-corrected chi connectivity index (χ2v) is 5.71. The highest BCUT2D eigenvalue weighted by atomic mass is 16.5. The monoisotopic (exact) mass is 329 g/mol. The van der Waals surface area contributed by atoms with Crippen LogP contribution in [0.4, 0.5) is 0 Å². The number of carboxylic acid groups (broad SMARTS) is 1. The first-order chi connectivity index (χ1) is 11.3. The van der Waals surface area contributed by atoms with Gasteiger partial charge < -0.3 is 14.7 Å². The Morgan fingerprint density at radius 3 is 2.25 bits per heavy atom. The summed E-state index contributed by atoms with van der Waals surface area (Å²) in [6.07, 6.45) is 1.58. The van der Waals surface area contributed by atoms with E-state index >= 15 is 0 Å². The maximum atomic E-state index is 12.7. The van der Waals surface area contributed by atoms with Gasteiger partial charge in [-0.2, -0.15) is 0 Å². The SMILES string of the molecule is COC(=O)C1=C(C)N(C(C)C)C(=O)/C1=C\c1ccc(C(=O)O)cc1. The van der Waals surface area contributed by atoms with Crippen molar-refractivity contribution in [3.8, 4) is 0 Å². The molecule has 1 aliphatic heterocycles. The molecule has 0 atom stereocenters. The van der Waals surface area contributed by atoms with E-state index in [1.165, 1.54) is 19.2 Å². The normalized spacial score (nSPS) is 16.3. The average molecular weight is 329 g/mol. The molecule has 6 heteroatoms.